The highest BCUT2D eigenvalue weighted by molar-refractivity contribution is 6.02. The van der Waals surface area contributed by atoms with Crippen molar-refractivity contribution in [2.75, 3.05) is 38.6 Å². The molecule has 0 bridgehead atoms. The fraction of sp³-hybridized carbons (Fsp3) is 0.500. The summed E-state index contributed by atoms with van der Waals surface area (Å²) < 4.78 is 6.05. The maximum Gasteiger partial charge on any atom is 0.434 e. The predicted octanol–water partition coefficient (Wildman–Crippen LogP) is 5.96. The second kappa shape index (κ2) is 10.8. The lowest BCUT2D eigenvalue weighted by Crippen LogP contribution is -2.43. The number of carbonyl (C=O) groups excluding carboxylic acids is 2. The van der Waals surface area contributed by atoms with Crippen LogP contribution in [-0.4, -0.2) is 65.0 Å². The molecule has 8 nitrogen and oxygen atoms in total. The van der Waals surface area contributed by atoms with Crippen molar-refractivity contribution in [1.29, 1.82) is 0 Å². The van der Waals surface area contributed by atoms with Crippen molar-refractivity contribution in [3.05, 3.63) is 59.3 Å². The van der Waals surface area contributed by atoms with Crippen LogP contribution in [0.5, 0.6) is 0 Å². The maximum absolute atomic E-state index is 13.9. The van der Waals surface area contributed by atoms with E-state index in [1.54, 1.807) is 12.3 Å². The molecule has 2 amide bonds. The van der Waals surface area contributed by atoms with E-state index in [1.165, 1.54) is 47.7 Å². The molecule has 8 heteroatoms. The van der Waals surface area contributed by atoms with Gasteiger partial charge in [0.2, 0.25) is 0 Å². The highest BCUT2D eigenvalue weighted by atomic mass is 16.5. The summed E-state index contributed by atoms with van der Waals surface area (Å²) in [6.07, 6.45) is 6.65. The van der Waals surface area contributed by atoms with Crippen LogP contribution in [-0.2, 0) is 16.6 Å². The summed E-state index contributed by atoms with van der Waals surface area (Å²) >= 11 is 0. The molecule has 2 aliphatic rings. The number of nitrogens with zero attached hydrogens (tertiary/aromatic N) is 4. The fourth-order valence-electron chi connectivity index (χ4n) is 5.80. The molecule has 1 N–H and O–H groups in total. The number of piperidine rings is 1. The molecule has 202 valence electrons. The Hall–Kier alpha value is -3.39. The van der Waals surface area contributed by atoms with Gasteiger partial charge in [-0.1, -0.05) is 51.5 Å². The van der Waals surface area contributed by atoms with Gasteiger partial charge in [0.15, 0.2) is 0 Å². The van der Waals surface area contributed by atoms with Gasteiger partial charge in [0, 0.05) is 18.5 Å². The lowest BCUT2D eigenvalue weighted by atomic mass is 9.85. The minimum absolute atomic E-state index is 0.0285. The Labute approximate surface area is 224 Å². The molecule has 5 rings (SSSR count). The molecular weight excluding hydrogens is 478 g/mol. The Morgan fingerprint density at radius 2 is 1.92 bits per heavy atom. The lowest BCUT2D eigenvalue weighted by molar-refractivity contribution is 0.159. The third-order valence-corrected chi connectivity index (χ3v) is 8.00. The van der Waals surface area contributed by atoms with E-state index in [-0.39, 0.29) is 17.5 Å². The monoisotopic (exact) mass is 517 g/mol. The van der Waals surface area contributed by atoms with Crippen molar-refractivity contribution in [2.24, 2.45) is 0 Å². The summed E-state index contributed by atoms with van der Waals surface area (Å²) in [4.78, 5) is 30.5. The van der Waals surface area contributed by atoms with Gasteiger partial charge in [0.05, 0.1) is 30.6 Å². The van der Waals surface area contributed by atoms with E-state index >= 15 is 0 Å². The molecule has 0 spiro atoms. The van der Waals surface area contributed by atoms with Crippen LogP contribution in [0.25, 0.3) is 10.9 Å². The highest BCUT2D eigenvalue weighted by Crippen LogP contribution is 2.38. The van der Waals surface area contributed by atoms with Gasteiger partial charge < -0.3 is 19.9 Å². The van der Waals surface area contributed by atoms with E-state index in [2.05, 4.69) is 54.3 Å². The predicted molar refractivity (Wildman–Crippen MR) is 150 cm³/mol. The minimum atomic E-state index is -0.566. The van der Waals surface area contributed by atoms with Crippen molar-refractivity contribution in [3.8, 4) is 0 Å². The number of rotatable bonds is 5. The van der Waals surface area contributed by atoms with Crippen molar-refractivity contribution < 1.29 is 14.3 Å². The first-order valence-corrected chi connectivity index (χ1v) is 13.7. The highest BCUT2D eigenvalue weighted by Gasteiger charge is 2.32. The SMILES string of the molecule is COC(=O)n1ncc2c(NC(=O)N(CCN3CCCCC3)[C@@H]3CCc4cc(C(C)(C)C)ccc43)cccc21. The Morgan fingerprint density at radius 1 is 1.13 bits per heavy atom. The third-order valence-electron chi connectivity index (χ3n) is 8.00. The summed E-state index contributed by atoms with van der Waals surface area (Å²) in [7, 11) is 1.32. The van der Waals surface area contributed by atoms with Gasteiger partial charge in [-0.2, -0.15) is 9.78 Å². The van der Waals surface area contributed by atoms with Gasteiger partial charge in [0.1, 0.15) is 0 Å². The van der Waals surface area contributed by atoms with Crippen molar-refractivity contribution >= 4 is 28.7 Å². The standard InChI is InChI=1S/C30H39N5O3/c1-30(2,3)22-12-13-23-21(19-22)11-14-26(23)34(18-17-33-15-6-5-7-16-33)28(36)32-25-9-8-10-27-24(25)20-31-35(27)29(37)38-4/h8-10,12-13,19-20,26H,5-7,11,14-18H2,1-4H3,(H,32,36)/t26-/m1/s1. The fourth-order valence-corrected chi connectivity index (χ4v) is 5.80. The molecule has 2 aromatic carbocycles. The molecule has 1 saturated heterocycles. The zero-order chi connectivity index (χ0) is 26.9. The quantitative estimate of drug-likeness (QED) is 0.452. The van der Waals surface area contributed by atoms with Crippen LogP contribution in [0.4, 0.5) is 15.3 Å². The number of aryl methyl sites for hydroxylation is 1. The lowest BCUT2D eigenvalue weighted by Gasteiger charge is -2.34. The zero-order valence-electron chi connectivity index (χ0n) is 23.0. The number of fused-ring (bicyclic) bond motifs is 2. The second-order valence-electron chi connectivity index (χ2n) is 11.5. The topological polar surface area (TPSA) is 79.7 Å². The molecule has 2 heterocycles. The summed E-state index contributed by atoms with van der Waals surface area (Å²) in [5.74, 6) is 0. The molecule has 1 atom stereocenters. The molecule has 0 radical (unpaired) electrons. The number of anilines is 1. The first-order valence-electron chi connectivity index (χ1n) is 13.7. The van der Waals surface area contributed by atoms with Crippen LogP contribution in [0.2, 0.25) is 0 Å². The number of urea groups is 1. The van der Waals surface area contributed by atoms with E-state index < -0.39 is 6.09 Å². The van der Waals surface area contributed by atoms with E-state index in [9.17, 15) is 9.59 Å². The van der Waals surface area contributed by atoms with Gasteiger partial charge in [-0.3, -0.25) is 0 Å². The van der Waals surface area contributed by atoms with E-state index in [0.29, 0.717) is 23.1 Å². The summed E-state index contributed by atoms with van der Waals surface area (Å²) in [6.45, 7) is 10.4. The van der Waals surface area contributed by atoms with Gasteiger partial charge in [-0.05, 0) is 73.0 Å². The van der Waals surface area contributed by atoms with Gasteiger partial charge in [-0.25, -0.2) is 9.59 Å². The number of nitrogens with one attached hydrogen (secondary N) is 1. The van der Waals surface area contributed by atoms with E-state index in [1.807, 2.05) is 17.0 Å². The van der Waals surface area contributed by atoms with Crippen LogP contribution < -0.4 is 5.32 Å². The Kier molecular flexibility index (Phi) is 7.43. The van der Waals surface area contributed by atoms with Crippen LogP contribution in [0.1, 0.15) is 69.2 Å². The van der Waals surface area contributed by atoms with Crippen molar-refractivity contribution in [1.82, 2.24) is 19.6 Å². The normalized spacial score (nSPS) is 17.8. The van der Waals surface area contributed by atoms with Crippen LogP contribution in [0.15, 0.2) is 42.6 Å². The molecule has 1 aliphatic heterocycles. The molecule has 3 aromatic rings. The van der Waals surface area contributed by atoms with Gasteiger partial charge >= 0.3 is 12.1 Å². The van der Waals surface area contributed by atoms with Gasteiger partial charge in [0.25, 0.3) is 0 Å². The Morgan fingerprint density at radius 3 is 2.66 bits per heavy atom. The molecule has 1 fully saturated rings. The molecule has 0 saturated carbocycles. The number of ether oxygens (including phenoxy) is 1. The van der Waals surface area contributed by atoms with E-state index in [4.69, 9.17) is 4.74 Å². The molecular formula is C30H39N5O3. The van der Waals surface area contributed by atoms with Gasteiger partial charge in [-0.15, -0.1) is 0 Å². The average molecular weight is 518 g/mol. The van der Waals surface area contributed by atoms with Crippen LogP contribution >= 0.6 is 0 Å². The zero-order valence-corrected chi connectivity index (χ0v) is 23.0. The number of carbonyl (C=O) groups is 2. The smallest absolute Gasteiger partial charge is 0.434 e. The summed E-state index contributed by atoms with van der Waals surface area (Å²) in [6, 6.07) is 12.1. The largest absolute Gasteiger partial charge is 0.451 e. The minimum Gasteiger partial charge on any atom is -0.451 e. The Balaban J connectivity index is 1.42. The Bertz CT molecular complexity index is 1320. The first-order chi connectivity index (χ1) is 18.3. The first kappa shape index (κ1) is 26.2. The third kappa shape index (κ3) is 5.27. The number of benzene rings is 2. The number of aromatic nitrogens is 2. The molecule has 0 unspecified atom stereocenters. The van der Waals surface area contributed by atoms with Crippen molar-refractivity contribution in [2.45, 2.75) is 64.3 Å². The van der Waals surface area contributed by atoms with Crippen LogP contribution in [0.3, 0.4) is 0 Å². The molecule has 1 aliphatic carbocycles. The summed E-state index contributed by atoms with van der Waals surface area (Å²) in [5.41, 5.74) is 5.24. The second-order valence-corrected chi connectivity index (χ2v) is 11.5. The summed E-state index contributed by atoms with van der Waals surface area (Å²) in [5, 5.41) is 8.03. The number of likely N-dealkylation sites (tertiary alicyclic amines) is 1. The molecule has 38 heavy (non-hydrogen) atoms. The number of hydrogen-bond acceptors (Lipinski definition) is 5. The van der Waals surface area contributed by atoms with E-state index in [0.717, 1.165) is 32.5 Å². The number of methoxy groups -OCH3 is 1. The maximum atomic E-state index is 13.9. The number of amides is 2. The molecule has 1 aromatic heterocycles. The number of hydrogen-bond donors (Lipinski definition) is 1. The van der Waals surface area contributed by atoms with Crippen LogP contribution in [0, 0.1) is 0 Å². The van der Waals surface area contributed by atoms with Crippen molar-refractivity contribution in [3.63, 3.8) is 0 Å². The average Bonchev–Trinajstić information content (AvgIpc) is 3.53.